The van der Waals surface area contributed by atoms with Crippen molar-refractivity contribution in [1.82, 2.24) is 0 Å². The molecule has 92 valence electrons. The normalized spacial score (nSPS) is 11.9. The molecule has 0 aliphatic heterocycles. The lowest BCUT2D eigenvalue weighted by Gasteiger charge is -2.10. The topological polar surface area (TPSA) is 98.3 Å². The molecule has 7 heteroatoms. The van der Waals surface area contributed by atoms with Gasteiger partial charge in [-0.1, -0.05) is 22.9 Å². The fraction of sp³-hybridized carbons (Fsp3) is 0.300. The molecule has 0 bridgehead atoms. The molecule has 0 aliphatic carbocycles. The van der Waals surface area contributed by atoms with Crippen LogP contribution in [-0.4, -0.2) is 17.4 Å². The number of hydrogen-bond donors (Lipinski definition) is 2. The van der Waals surface area contributed by atoms with Crippen molar-refractivity contribution in [3.63, 3.8) is 0 Å². The number of rotatable bonds is 4. The average Bonchev–Trinajstić information content (AvgIpc) is 2.29. The summed E-state index contributed by atoms with van der Waals surface area (Å²) in [5.74, 6) is -0.726. The quantitative estimate of drug-likeness (QED) is 0.655. The molecule has 1 amide bonds. The van der Waals surface area contributed by atoms with Crippen LogP contribution in [0.3, 0.4) is 0 Å². The number of carbonyl (C=O) groups is 1. The molecule has 0 fully saturated rings. The summed E-state index contributed by atoms with van der Waals surface area (Å²) in [5, 5.41) is 13.3. The van der Waals surface area contributed by atoms with Gasteiger partial charge in [-0.05, 0) is 12.1 Å². The van der Waals surface area contributed by atoms with Crippen LogP contribution in [0, 0.1) is 16.0 Å². The van der Waals surface area contributed by atoms with Crippen molar-refractivity contribution < 1.29 is 9.72 Å². The van der Waals surface area contributed by atoms with Crippen molar-refractivity contribution >= 4 is 33.2 Å². The summed E-state index contributed by atoms with van der Waals surface area (Å²) in [6.45, 7) is 1.84. The van der Waals surface area contributed by atoms with E-state index in [2.05, 4.69) is 21.2 Å². The monoisotopic (exact) mass is 301 g/mol. The zero-order valence-corrected chi connectivity index (χ0v) is 10.7. The maximum absolute atomic E-state index is 11.6. The van der Waals surface area contributed by atoms with Gasteiger partial charge >= 0.3 is 0 Å². The van der Waals surface area contributed by atoms with Crippen molar-refractivity contribution in [2.75, 3.05) is 11.9 Å². The summed E-state index contributed by atoms with van der Waals surface area (Å²) in [7, 11) is 0. The molecule has 0 aliphatic rings. The van der Waals surface area contributed by atoms with E-state index in [1.807, 2.05) is 0 Å². The van der Waals surface area contributed by atoms with Crippen molar-refractivity contribution in [2.45, 2.75) is 6.92 Å². The molecule has 0 saturated carbocycles. The largest absolute Gasteiger partial charge is 0.330 e. The number of nitro groups is 1. The van der Waals surface area contributed by atoms with Gasteiger partial charge in [0.25, 0.3) is 5.69 Å². The van der Waals surface area contributed by atoms with Crippen LogP contribution < -0.4 is 11.1 Å². The first kappa shape index (κ1) is 13.6. The van der Waals surface area contributed by atoms with Crippen molar-refractivity contribution in [3.8, 4) is 0 Å². The maximum Gasteiger partial charge on any atom is 0.293 e. The van der Waals surface area contributed by atoms with Crippen molar-refractivity contribution in [1.29, 1.82) is 0 Å². The molecule has 0 saturated heterocycles. The fourth-order valence-corrected chi connectivity index (χ4v) is 1.47. The molecule has 0 spiro atoms. The van der Waals surface area contributed by atoms with Crippen molar-refractivity contribution in [2.24, 2.45) is 11.7 Å². The number of halogens is 1. The Morgan fingerprint density at radius 2 is 2.29 bits per heavy atom. The number of amides is 1. The minimum Gasteiger partial charge on any atom is -0.330 e. The number of nitrogens with zero attached hydrogens (tertiary/aromatic N) is 1. The highest BCUT2D eigenvalue weighted by Crippen LogP contribution is 2.28. The molecule has 6 nitrogen and oxygen atoms in total. The molecular weight excluding hydrogens is 290 g/mol. The summed E-state index contributed by atoms with van der Waals surface area (Å²) < 4.78 is 0.578. The fourth-order valence-electron chi connectivity index (χ4n) is 1.12. The highest BCUT2D eigenvalue weighted by molar-refractivity contribution is 9.10. The zero-order chi connectivity index (χ0) is 13.0. The number of carbonyl (C=O) groups excluding carboxylic acids is 1. The summed E-state index contributed by atoms with van der Waals surface area (Å²) in [6, 6.07) is 4.43. The molecule has 17 heavy (non-hydrogen) atoms. The molecule has 0 radical (unpaired) electrons. The van der Waals surface area contributed by atoms with Gasteiger partial charge in [-0.3, -0.25) is 14.9 Å². The van der Waals surface area contributed by atoms with Crippen LogP contribution in [0.1, 0.15) is 6.92 Å². The molecule has 1 aromatic rings. The molecule has 1 aromatic carbocycles. The Kier molecular flexibility index (Phi) is 4.59. The number of nitrogens with two attached hydrogens (primary N) is 1. The molecule has 1 rings (SSSR count). The van der Waals surface area contributed by atoms with Gasteiger partial charge < -0.3 is 11.1 Å². The van der Waals surface area contributed by atoms with Crippen LogP contribution in [0.2, 0.25) is 0 Å². The van der Waals surface area contributed by atoms with Gasteiger partial charge in [0.15, 0.2) is 0 Å². The van der Waals surface area contributed by atoms with E-state index >= 15 is 0 Å². The van der Waals surface area contributed by atoms with E-state index < -0.39 is 10.8 Å². The van der Waals surface area contributed by atoms with E-state index in [0.29, 0.717) is 4.47 Å². The van der Waals surface area contributed by atoms with Crippen LogP contribution in [0.4, 0.5) is 11.4 Å². The van der Waals surface area contributed by atoms with Gasteiger partial charge in [-0.2, -0.15) is 0 Å². The highest BCUT2D eigenvalue weighted by Gasteiger charge is 2.18. The Morgan fingerprint density at radius 1 is 1.65 bits per heavy atom. The number of nitro benzene ring substituents is 1. The standard InChI is InChI=1S/C10H12BrN3O3/c1-6(5-12)10(15)13-8-3-2-7(11)4-9(8)14(16)17/h2-4,6H,5,12H2,1H3,(H,13,15). The van der Waals surface area contributed by atoms with Gasteiger partial charge in [-0.15, -0.1) is 0 Å². The lowest BCUT2D eigenvalue weighted by Crippen LogP contribution is -2.26. The summed E-state index contributed by atoms with van der Waals surface area (Å²) in [5.41, 5.74) is 5.36. The lowest BCUT2D eigenvalue weighted by atomic mass is 10.1. The number of nitrogens with one attached hydrogen (secondary N) is 1. The molecule has 3 N–H and O–H groups in total. The van der Waals surface area contributed by atoms with Crippen LogP contribution >= 0.6 is 15.9 Å². The van der Waals surface area contributed by atoms with E-state index in [0.717, 1.165) is 0 Å². The van der Waals surface area contributed by atoms with Crippen molar-refractivity contribution in [3.05, 3.63) is 32.8 Å². The minimum atomic E-state index is -0.548. The Labute approximate surface area is 106 Å². The van der Waals surface area contributed by atoms with Gasteiger partial charge in [0.2, 0.25) is 5.91 Å². The second-order valence-corrected chi connectivity index (χ2v) is 4.46. The molecule has 1 unspecified atom stereocenters. The first-order valence-corrected chi connectivity index (χ1v) is 5.70. The smallest absolute Gasteiger partial charge is 0.293 e. The van der Waals surface area contributed by atoms with E-state index in [-0.39, 0.29) is 23.8 Å². The van der Waals surface area contributed by atoms with Gasteiger partial charge in [0.05, 0.1) is 4.92 Å². The average molecular weight is 302 g/mol. The van der Waals surface area contributed by atoms with E-state index in [1.54, 1.807) is 13.0 Å². The minimum absolute atomic E-state index is 0.156. The first-order chi connectivity index (χ1) is 7.95. The lowest BCUT2D eigenvalue weighted by molar-refractivity contribution is -0.384. The number of hydrogen-bond acceptors (Lipinski definition) is 4. The third kappa shape index (κ3) is 3.50. The number of anilines is 1. The molecule has 0 heterocycles. The Bertz CT molecular complexity index is 450. The summed E-state index contributed by atoms with van der Waals surface area (Å²) in [6.07, 6.45) is 0. The van der Waals surface area contributed by atoms with E-state index in [1.165, 1.54) is 12.1 Å². The molecular formula is C10H12BrN3O3. The molecule has 0 aromatic heterocycles. The zero-order valence-electron chi connectivity index (χ0n) is 9.14. The van der Waals surface area contributed by atoms with E-state index in [4.69, 9.17) is 5.73 Å². The Hall–Kier alpha value is -1.47. The Balaban J connectivity index is 2.98. The SMILES string of the molecule is CC(CN)C(=O)Nc1ccc(Br)cc1[N+](=O)[O-]. The third-order valence-corrected chi connectivity index (χ3v) is 2.71. The van der Waals surface area contributed by atoms with Crippen LogP contribution in [0.15, 0.2) is 22.7 Å². The van der Waals surface area contributed by atoms with Crippen LogP contribution in [0.25, 0.3) is 0 Å². The maximum atomic E-state index is 11.6. The number of benzene rings is 1. The van der Waals surface area contributed by atoms with Gasteiger partial charge in [0, 0.05) is 23.0 Å². The summed E-state index contributed by atoms with van der Waals surface area (Å²) >= 11 is 3.14. The van der Waals surface area contributed by atoms with E-state index in [9.17, 15) is 14.9 Å². The van der Waals surface area contributed by atoms with Gasteiger partial charge in [-0.25, -0.2) is 0 Å². The Morgan fingerprint density at radius 3 is 2.82 bits per heavy atom. The van der Waals surface area contributed by atoms with Crippen LogP contribution in [0.5, 0.6) is 0 Å². The predicted octanol–water partition coefficient (Wildman–Crippen LogP) is 1.89. The predicted molar refractivity (Wildman–Crippen MR) is 67.6 cm³/mol. The second-order valence-electron chi connectivity index (χ2n) is 3.54. The van der Waals surface area contributed by atoms with Crippen LogP contribution in [-0.2, 0) is 4.79 Å². The first-order valence-electron chi connectivity index (χ1n) is 4.90. The summed E-state index contributed by atoms with van der Waals surface area (Å²) in [4.78, 5) is 21.8. The molecule has 1 atom stereocenters. The second kappa shape index (κ2) is 5.74. The van der Waals surface area contributed by atoms with Gasteiger partial charge in [0.1, 0.15) is 5.69 Å². The highest BCUT2D eigenvalue weighted by atomic mass is 79.9. The third-order valence-electron chi connectivity index (χ3n) is 2.22.